The van der Waals surface area contributed by atoms with Crippen LogP contribution in [-0.2, 0) is 0 Å². The molecule has 0 fully saturated rings. The van der Waals surface area contributed by atoms with E-state index in [1.54, 1.807) is 38.1 Å². The summed E-state index contributed by atoms with van der Waals surface area (Å²) in [4.78, 5) is 25.0. The van der Waals surface area contributed by atoms with E-state index in [-0.39, 0.29) is 34.2 Å². The quantitative estimate of drug-likeness (QED) is 0.707. The molecule has 0 aliphatic heterocycles. The number of carbonyl (C=O) groups excluding carboxylic acids is 2. The van der Waals surface area contributed by atoms with Crippen LogP contribution in [0.5, 0.6) is 11.5 Å². The first-order valence-electron chi connectivity index (χ1n) is 8.19. The van der Waals surface area contributed by atoms with E-state index < -0.39 is 0 Å². The summed E-state index contributed by atoms with van der Waals surface area (Å²) in [6.45, 7) is 7.17. The second kappa shape index (κ2) is 7.74. The highest BCUT2D eigenvalue weighted by atomic mass is 32.2. The van der Waals surface area contributed by atoms with Gasteiger partial charge in [0.05, 0.1) is 20.9 Å². The van der Waals surface area contributed by atoms with Gasteiger partial charge in [-0.1, -0.05) is 25.6 Å². The summed E-state index contributed by atoms with van der Waals surface area (Å²) < 4.78 is 0. The number of aromatic hydroxyl groups is 2. The molecule has 0 radical (unpaired) electrons. The Balaban J connectivity index is 2.54. The Morgan fingerprint density at radius 2 is 1.16 bits per heavy atom. The molecule has 0 atom stereocenters. The third kappa shape index (κ3) is 4.04. The van der Waals surface area contributed by atoms with Crippen LogP contribution < -0.4 is 0 Å². The van der Waals surface area contributed by atoms with Crippen molar-refractivity contribution in [3.63, 3.8) is 0 Å². The fourth-order valence-electron chi connectivity index (χ4n) is 2.57. The molecular formula is C20H22O4S. The Morgan fingerprint density at radius 3 is 1.48 bits per heavy atom. The molecule has 0 saturated carbocycles. The first-order chi connectivity index (χ1) is 11.8. The van der Waals surface area contributed by atoms with Gasteiger partial charge in [0, 0.05) is 12.8 Å². The zero-order valence-electron chi connectivity index (χ0n) is 14.8. The fraction of sp³-hybridized carbons (Fsp3) is 0.300. The van der Waals surface area contributed by atoms with Crippen molar-refractivity contribution in [2.45, 2.75) is 50.3 Å². The SMILES string of the molecule is CCC(=O)c1cc(C)cc(Sc2cc(C)cc(C(=O)CC)c2O)c1O. The summed E-state index contributed by atoms with van der Waals surface area (Å²) in [7, 11) is 0. The molecule has 0 aliphatic carbocycles. The number of aryl methyl sites for hydroxylation is 2. The molecular weight excluding hydrogens is 336 g/mol. The number of Topliss-reactive ketones (excluding diaryl/α,β-unsaturated/α-hetero) is 2. The molecule has 2 aromatic carbocycles. The third-order valence-electron chi connectivity index (χ3n) is 3.90. The first kappa shape index (κ1) is 19.1. The van der Waals surface area contributed by atoms with Crippen molar-refractivity contribution in [3.8, 4) is 11.5 Å². The highest BCUT2D eigenvalue weighted by Gasteiger charge is 2.19. The maximum absolute atomic E-state index is 12.0. The van der Waals surface area contributed by atoms with E-state index in [2.05, 4.69) is 0 Å². The first-order valence-corrected chi connectivity index (χ1v) is 9.01. The number of phenolic OH excluding ortho intramolecular Hbond substituents is 2. The van der Waals surface area contributed by atoms with E-state index in [4.69, 9.17) is 0 Å². The average Bonchev–Trinajstić information content (AvgIpc) is 2.59. The van der Waals surface area contributed by atoms with Crippen LogP contribution >= 0.6 is 11.8 Å². The van der Waals surface area contributed by atoms with Gasteiger partial charge in [-0.25, -0.2) is 0 Å². The molecule has 25 heavy (non-hydrogen) atoms. The van der Waals surface area contributed by atoms with E-state index in [1.165, 1.54) is 0 Å². The molecule has 0 bridgehead atoms. The lowest BCUT2D eigenvalue weighted by atomic mass is 10.0. The lowest BCUT2D eigenvalue weighted by Crippen LogP contribution is -2.00. The van der Waals surface area contributed by atoms with Crippen LogP contribution in [-0.4, -0.2) is 21.8 Å². The Kier molecular flexibility index (Phi) is 5.90. The largest absolute Gasteiger partial charge is 0.506 e. The molecule has 0 saturated heterocycles. The van der Waals surface area contributed by atoms with E-state index in [0.717, 1.165) is 22.9 Å². The Bertz CT molecular complexity index is 771. The Morgan fingerprint density at radius 1 is 0.800 bits per heavy atom. The van der Waals surface area contributed by atoms with Gasteiger partial charge in [-0.15, -0.1) is 0 Å². The van der Waals surface area contributed by atoms with Crippen LogP contribution in [0.3, 0.4) is 0 Å². The molecule has 0 aromatic heterocycles. The number of carbonyl (C=O) groups is 2. The van der Waals surface area contributed by atoms with Gasteiger partial charge in [0.1, 0.15) is 11.5 Å². The smallest absolute Gasteiger partial charge is 0.166 e. The van der Waals surface area contributed by atoms with Crippen LogP contribution in [0, 0.1) is 13.8 Å². The highest BCUT2D eigenvalue weighted by molar-refractivity contribution is 7.99. The predicted octanol–water partition coefficient (Wildman–Crippen LogP) is 5.05. The van der Waals surface area contributed by atoms with E-state index in [9.17, 15) is 19.8 Å². The molecule has 2 N–H and O–H groups in total. The van der Waals surface area contributed by atoms with Crippen LogP contribution in [0.4, 0.5) is 0 Å². The zero-order chi connectivity index (χ0) is 18.7. The maximum atomic E-state index is 12.0. The summed E-state index contributed by atoms with van der Waals surface area (Å²) in [6, 6.07) is 6.84. The lowest BCUT2D eigenvalue weighted by Gasteiger charge is -2.13. The van der Waals surface area contributed by atoms with Crippen LogP contribution in [0.2, 0.25) is 0 Å². The Hall–Kier alpha value is -2.27. The summed E-state index contributed by atoms with van der Waals surface area (Å²) in [5.74, 6) is -0.463. The molecule has 0 unspecified atom stereocenters. The standard InChI is InChI=1S/C20H22O4S/c1-5-15(21)13-7-11(3)9-17(19(13)23)25-18-10-12(4)8-14(20(18)24)16(22)6-2/h7-10,23-24H,5-6H2,1-4H3. The van der Waals surface area contributed by atoms with E-state index in [0.29, 0.717) is 22.6 Å². The molecule has 2 rings (SSSR count). The molecule has 0 aliphatic rings. The predicted molar refractivity (Wildman–Crippen MR) is 99.1 cm³/mol. The summed E-state index contributed by atoms with van der Waals surface area (Å²) >= 11 is 1.15. The van der Waals surface area contributed by atoms with Crippen molar-refractivity contribution in [2.24, 2.45) is 0 Å². The topological polar surface area (TPSA) is 74.6 Å². The number of hydrogen-bond donors (Lipinski definition) is 2. The van der Waals surface area contributed by atoms with Crippen molar-refractivity contribution >= 4 is 23.3 Å². The summed E-state index contributed by atoms with van der Waals surface area (Å²) in [5.41, 5.74) is 2.24. The molecule has 2 aromatic rings. The average molecular weight is 358 g/mol. The van der Waals surface area contributed by atoms with Gasteiger partial charge >= 0.3 is 0 Å². The number of hydrogen-bond acceptors (Lipinski definition) is 5. The van der Waals surface area contributed by atoms with Crippen molar-refractivity contribution in [2.75, 3.05) is 0 Å². The van der Waals surface area contributed by atoms with Gasteiger partial charge in [-0.2, -0.15) is 0 Å². The maximum Gasteiger partial charge on any atom is 0.166 e. The summed E-state index contributed by atoms with van der Waals surface area (Å²) in [6.07, 6.45) is 0.595. The van der Waals surface area contributed by atoms with E-state index in [1.807, 2.05) is 13.8 Å². The molecule has 5 heteroatoms. The minimum absolute atomic E-state index is 0.0910. The molecule has 132 valence electrons. The normalized spacial score (nSPS) is 10.7. The van der Waals surface area contributed by atoms with E-state index >= 15 is 0 Å². The number of benzene rings is 2. The van der Waals surface area contributed by atoms with Gasteiger partial charge in [-0.3, -0.25) is 9.59 Å². The van der Waals surface area contributed by atoms with Crippen molar-refractivity contribution in [1.82, 2.24) is 0 Å². The van der Waals surface area contributed by atoms with Gasteiger partial charge in [0.15, 0.2) is 11.6 Å². The minimum Gasteiger partial charge on any atom is -0.506 e. The number of phenols is 2. The van der Waals surface area contributed by atoms with Gasteiger partial charge in [0.25, 0.3) is 0 Å². The van der Waals surface area contributed by atoms with Crippen LogP contribution in [0.15, 0.2) is 34.1 Å². The highest BCUT2D eigenvalue weighted by Crippen LogP contribution is 2.43. The number of ketones is 2. The zero-order valence-corrected chi connectivity index (χ0v) is 15.7. The van der Waals surface area contributed by atoms with Crippen LogP contribution in [0.25, 0.3) is 0 Å². The Labute approximate surface area is 151 Å². The van der Waals surface area contributed by atoms with Crippen molar-refractivity contribution in [3.05, 3.63) is 46.5 Å². The van der Waals surface area contributed by atoms with Gasteiger partial charge in [-0.05, 0) is 49.2 Å². The molecule has 0 amide bonds. The second-order valence-corrected chi connectivity index (χ2v) is 7.06. The minimum atomic E-state index is -0.140. The number of rotatable bonds is 6. The monoisotopic (exact) mass is 358 g/mol. The molecule has 4 nitrogen and oxygen atoms in total. The molecule has 0 heterocycles. The molecule has 0 spiro atoms. The second-order valence-electron chi connectivity index (χ2n) is 5.97. The van der Waals surface area contributed by atoms with Crippen LogP contribution in [0.1, 0.15) is 58.5 Å². The third-order valence-corrected chi connectivity index (χ3v) is 4.96. The van der Waals surface area contributed by atoms with Crippen molar-refractivity contribution in [1.29, 1.82) is 0 Å². The van der Waals surface area contributed by atoms with Gasteiger partial charge < -0.3 is 10.2 Å². The summed E-state index contributed by atoms with van der Waals surface area (Å²) in [5, 5.41) is 20.9. The van der Waals surface area contributed by atoms with Crippen molar-refractivity contribution < 1.29 is 19.8 Å². The fourth-order valence-corrected chi connectivity index (χ4v) is 3.71. The lowest BCUT2D eigenvalue weighted by molar-refractivity contribution is 0.0977. The van der Waals surface area contributed by atoms with Gasteiger partial charge in [0.2, 0.25) is 0 Å².